The van der Waals surface area contributed by atoms with Gasteiger partial charge in [-0.3, -0.25) is 9.69 Å². The van der Waals surface area contributed by atoms with Crippen LogP contribution in [0.25, 0.3) is 0 Å². The van der Waals surface area contributed by atoms with Crippen molar-refractivity contribution in [1.82, 2.24) is 4.90 Å². The van der Waals surface area contributed by atoms with Crippen molar-refractivity contribution in [3.05, 3.63) is 34.9 Å². The quantitative estimate of drug-likeness (QED) is 0.756. The summed E-state index contributed by atoms with van der Waals surface area (Å²) in [5.41, 5.74) is 3.17. The van der Waals surface area contributed by atoms with Gasteiger partial charge in [-0.25, -0.2) is 0 Å². The van der Waals surface area contributed by atoms with E-state index in [1.54, 1.807) is 0 Å². The number of benzene rings is 1. The molecule has 1 saturated heterocycles. The van der Waals surface area contributed by atoms with Crippen molar-refractivity contribution >= 4 is 5.78 Å². The maximum Gasteiger partial charge on any atom is 0.177 e. The van der Waals surface area contributed by atoms with Gasteiger partial charge < -0.3 is 0 Å². The van der Waals surface area contributed by atoms with Crippen LogP contribution in [0.4, 0.5) is 0 Å². The van der Waals surface area contributed by atoms with Gasteiger partial charge >= 0.3 is 0 Å². The van der Waals surface area contributed by atoms with Crippen molar-refractivity contribution in [1.29, 1.82) is 0 Å². The fraction of sp³-hybridized carbons (Fsp3) is 0.611. The molecule has 0 N–H and O–H groups in total. The lowest BCUT2D eigenvalue weighted by Crippen LogP contribution is -2.37. The van der Waals surface area contributed by atoms with Crippen LogP contribution >= 0.6 is 0 Å². The van der Waals surface area contributed by atoms with E-state index in [1.165, 1.54) is 31.2 Å². The Labute approximate surface area is 123 Å². The number of rotatable bonds is 5. The van der Waals surface area contributed by atoms with Crippen molar-refractivity contribution in [3.63, 3.8) is 0 Å². The second-order valence-corrected chi connectivity index (χ2v) is 6.25. The van der Waals surface area contributed by atoms with Crippen molar-refractivity contribution in [2.75, 3.05) is 19.6 Å². The minimum atomic E-state index is 0.278. The molecular weight excluding hydrogens is 246 g/mol. The average molecular weight is 273 g/mol. The minimum absolute atomic E-state index is 0.278. The molecule has 0 amide bonds. The highest BCUT2D eigenvalue weighted by Crippen LogP contribution is 2.22. The lowest BCUT2D eigenvalue weighted by Gasteiger charge is -2.31. The monoisotopic (exact) mass is 273 g/mol. The first kappa shape index (κ1) is 15.2. The zero-order valence-electron chi connectivity index (χ0n) is 13.1. The lowest BCUT2D eigenvalue weighted by molar-refractivity contribution is 0.0892. The molecule has 1 aromatic carbocycles. The number of carbonyl (C=O) groups excluding carboxylic acids is 1. The van der Waals surface area contributed by atoms with Crippen LogP contribution in [0.15, 0.2) is 18.2 Å². The summed E-state index contributed by atoms with van der Waals surface area (Å²) < 4.78 is 0. The predicted molar refractivity (Wildman–Crippen MR) is 84.3 cm³/mol. The van der Waals surface area contributed by atoms with Gasteiger partial charge in [0.25, 0.3) is 0 Å². The topological polar surface area (TPSA) is 20.3 Å². The smallest absolute Gasteiger partial charge is 0.177 e. The van der Waals surface area contributed by atoms with Crippen LogP contribution in [0.3, 0.4) is 0 Å². The molecule has 1 fully saturated rings. The third-order valence-corrected chi connectivity index (χ3v) is 4.46. The van der Waals surface area contributed by atoms with Gasteiger partial charge in [0.15, 0.2) is 5.78 Å². The number of likely N-dealkylation sites (tertiary alicyclic amines) is 1. The fourth-order valence-corrected chi connectivity index (χ4v) is 3.17. The molecule has 0 saturated carbocycles. The molecule has 0 bridgehead atoms. The van der Waals surface area contributed by atoms with Crippen molar-refractivity contribution in [2.24, 2.45) is 5.92 Å². The molecule has 1 heterocycles. The summed E-state index contributed by atoms with van der Waals surface area (Å²) in [6.45, 7) is 9.09. The van der Waals surface area contributed by atoms with Crippen LogP contribution in [0, 0.1) is 19.8 Å². The molecule has 0 aromatic heterocycles. The van der Waals surface area contributed by atoms with E-state index in [0.29, 0.717) is 6.54 Å². The molecule has 1 aromatic rings. The Morgan fingerprint density at radius 2 is 1.95 bits per heavy atom. The Morgan fingerprint density at radius 1 is 1.25 bits per heavy atom. The lowest BCUT2D eigenvalue weighted by atomic mass is 9.92. The third-order valence-electron chi connectivity index (χ3n) is 4.46. The highest BCUT2D eigenvalue weighted by Gasteiger charge is 2.21. The molecular formula is C18H27NO. The molecule has 0 radical (unpaired) electrons. The summed E-state index contributed by atoms with van der Waals surface area (Å²) in [5, 5.41) is 0. The van der Waals surface area contributed by atoms with Gasteiger partial charge in [0.1, 0.15) is 0 Å². The van der Waals surface area contributed by atoms with Crippen molar-refractivity contribution < 1.29 is 4.79 Å². The molecule has 110 valence electrons. The van der Waals surface area contributed by atoms with E-state index in [4.69, 9.17) is 0 Å². The Morgan fingerprint density at radius 3 is 2.60 bits per heavy atom. The summed E-state index contributed by atoms with van der Waals surface area (Å²) in [6.07, 6.45) is 5.15. The number of hydrogen-bond donors (Lipinski definition) is 0. The molecule has 1 aliphatic rings. The van der Waals surface area contributed by atoms with Gasteiger partial charge in [0.05, 0.1) is 6.54 Å². The first-order valence-corrected chi connectivity index (χ1v) is 7.93. The van der Waals surface area contributed by atoms with Crippen LogP contribution in [0.1, 0.15) is 54.1 Å². The van der Waals surface area contributed by atoms with Gasteiger partial charge in [-0.15, -0.1) is 0 Å². The van der Waals surface area contributed by atoms with E-state index in [-0.39, 0.29) is 5.78 Å². The Kier molecular flexibility index (Phi) is 5.36. The zero-order valence-corrected chi connectivity index (χ0v) is 13.1. The summed E-state index contributed by atoms with van der Waals surface area (Å²) in [5.74, 6) is 1.16. The molecule has 0 unspecified atom stereocenters. The standard InChI is InChI=1S/C18H27NO/c1-4-5-16-8-10-19(11-9-16)13-18(20)17-12-14(2)6-7-15(17)3/h6-7,12,16H,4-5,8-11,13H2,1-3H3. The van der Waals surface area contributed by atoms with E-state index >= 15 is 0 Å². The van der Waals surface area contributed by atoms with Gasteiger partial charge in [0.2, 0.25) is 0 Å². The molecule has 20 heavy (non-hydrogen) atoms. The van der Waals surface area contributed by atoms with Crippen LogP contribution < -0.4 is 0 Å². The van der Waals surface area contributed by atoms with Crippen molar-refractivity contribution in [3.8, 4) is 0 Å². The Bertz CT molecular complexity index is 458. The molecule has 2 nitrogen and oxygen atoms in total. The van der Waals surface area contributed by atoms with Gasteiger partial charge in [-0.2, -0.15) is 0 Å². The van der Waals surface area contributed by atoms with Gasteiger partial charge in [-0.1, -0.05) is 37.5 Å². The maximum absolute atomic E-state index is 12.5. The van der Waals surface area contributed by atoms with E-state index in [1.807, 2.05) is 19.9 Å². The number of piperidine rings is 1. The van der Waals surface area contributed by atoms with Crippen LogP contribution in [0.5, 0.6) is 0 Å². The number of Topliss-reactive ketones (excluding diaryl/α,β-unsaturated/α-hetero) is 1. The van der Waals surface area contributed by atoms with E-state index in [0.717, 1.165) is 30.1 Å². The third kappa shape index (κ3) is 3.92. The number of nitrogens with zero attached hydrogens (tertiary/aromatic N) is 1. The second-order valence-electron chi connectivity index (χ2n) is 6.25. The number of carbonyl (C=O) groups is 1. The highest BCUT2D eigenvalue weighted by atomic mass is 16.1. The van der Waals surface area contributed by atoms with Crippen LogP contribution in [0.2, 0.25) is 0 Å². The van der Waals surface area contributed by atoms with Crippen LogP contribution in [-0.4, -0.2) is 30.3 Å². The molecule has 2 rings (SSSR count). The van der Waals surface area contributed by atoms with Gasteiger partial charge in [-0.05, 0) is 57.3 Å². The SMILES string of the molecule is CCCC1CCN(CC(=O)c2cc(C)ccc2C)CC1. The summed E-state index contributed by atoms with van der Waals surface area (Å²) in [6, 6.07) is 6.15. The van der Waals surface area contributed by atoms with Crippen LogP contribution in [-0.2, 0) is 0 Å². The molecule has 0 aliphatic carbocycles. The maximum atomic E-state index is 12.5. The number of hydrogen-bond acceptors (Lipinski definition) is 2. The first-order valence-electron chi connectivity index (χ1n) is 7.93. The number of aryl methyl sites for hydroxylation is 2. The summed E-state index contributed by atoms with van der Waals surface area (Å²) in [7, 11) is 0. The molecule has 0 atom stereocenters. The highest BCUT2D eigenvalue weighted by molar-refractivity contribution is 5.99. The molecule has 0 spiro atoms. The summed E-state index contributed by atoms with van der Waals surface area (Å²) >= 11 is 0. The molecule has 1 aliphatic heterocycles. The fourth-order valence-electron chi connectivity index (χ4n) is 3.17. The first-order chi connectivity index (χ1) is 9.60. The van der Waals surface area contributed by atoms with E-state index < -0.39 is 0 Å². The molecule has 2 heteroatoms. The normalized spacial score (nSPS) is 17.4. The second kappa shape index (κ2) is 7.03. The minimum Gasteiger partial charge on any atom is -0.296 e. The number of ketones is 1. The zero-order chi connectivity index (χ0) is 14.5. The van der Waals surface area contributed by atoms with E-state index in [2.05, 4.69) is 24.0 Å². The largest absolute Gasteiger partial charge is 0.296 e. The van der Waals surface area contributed by atoms with E-state index in [9.17, 15) is 4.79 Å². The Hall–Kier alpha value is -1.15. The van der Waals surface area contributed by atoms with Crippen molar-refractivity contribution in [2.45, 2.75) is 46.5 Å². The average Bonchev–Trinajstić information content (AvgIpc) is 2.44. The Balaban J connectivity index is 1.91. The summed E-state index contributed by atoms with van der Waals surface area (Å²) in [4.78, 5) is 14.8. The predicted octanol–water partition coefficient (Wildman–Crippen LogP) is 4.00. The van der Waals surface area contributed by atoms with Gasteiger partial charge in [0, 0.05) is 5.56 Å².